The molecule has 0 saturated heterocycles. The zero-order chi connectivity index (χ0) is 22.3. The number of rotatable bonds is 6. The fraction of sp³-hybridized carbons (Fsp3) is 0.286. The third kappa shape index (κ3) is 3.42. The van der Waals surface area contributed by atoms with E-state index in [2.05, 4.69) is 15.2 Å². The van der Waals surface area contributed by atoms with Crippen molar-refractivity contribution < 1.29 is 14.3 Å². The molecule has 0 saturated carbocycles. The fourth-order valence-electron chi connectivity index (χ4n) is 3.68. The van der Waals surface area contributed by atoms with Gasteiger partial charge in [-0.2, -0.15) is 0 Å². The molecule has 31 heavy (non-hydrogen) atoms. The van der Waals surface area contributed by atoms with Crippen LogP contribution < -0.4 is 5.56 Å². The number of nitrogens with one attached hydrogen (secondary N) is 1. The summed E-state index contributed by atoms with van der Waals surface area (Å²) in [6.07, 6.45) is 0. The number of aromatic nitrogens is 5. The Morgan fingerprint density at radius 1 is 1.19 bits per heavy atom. The molecule has 0 spiro atoms. The van der Waals surface area contributed by atoms with Crippen LogP contribution in [-0.2, 0) is 11.8 Å². The van der Waals surface area contributed by atoms with E-state index < -0.39 is 5.97 Å². The average molecular weight is 439 g/mol. The Balaban J connectivity index is 1.67. The molecule has 3 heterocycles. The van der Waals surface area contributed by atoms with Crippen molar-refractivity contribution >= 4 is 40.2 Å². The Kier molecular flexibility index (Phi) is 5.40. The van der Waals surface area contributed by atoms with E-state index in [1.54, 1.807) is 44.4 Å². The summed E-state index contributed by atoms with van der Waals surface area (Å²) in [6.45, 7) is 5.47. The van der Waals surface area contributed by atoms with E-state index in [-0.39, 0.29) is 23.7 Å². The first-order valence-corrected chi connectivity index (χ1v) is 10.7. The summed E-state index contributed by atoms with van der Waals surface area (Å²) in [5.41, 5.74) is 2.47. The lowest BCUT2D eigenvalue weighted by Gasteiger charge is -2.07. The number of aromatic amines is 1. The first-order chi connectivity index (χ1) is 14.8. The molecule has 0 aliphatic rings. The lowest BCUT2D eigenvalue weighted by atomic mass is 10.1. The number of carbonyl (C=O) groups is 2. The molecule has 0 aliphatic carbocycles. The van der Waals surface area contributed by atoms with Gasteiger partial charge in [0.25, 0.3) is 5.56 Å². The Labute approximate surface area is 181 Å². The van der Waals surface area contributed by atoms with Gasteiger partial charge in [-0.05, 0) is 38.5 Å². The number of hydrogen-bond donors (Lipinski definition) is 1. The highest BCUT2D eigenvalue weighted by atomic mass is 32.2. The van der Waals surface area contributed by atoms with Crippen LogP contribution in [0.15, 0.2) is 34.2 Å². The molecule has 0 bridgehead atoms. The summed E-state index contributed by atoms with van der Waals surface area (Å²) in [4.78, 5) is 40.6. The highest BCUT2D eigenvalue weighted by Gasteiger charge is 2.23. The van der Waals surface area contributed by atoms with Crippen molar-refractivity contribution in [1.82, 2.24) is 24.1 Å². The van der Waals surface area contributed by atoms with Crippen LogP contribution in [0.25, 0.3) is 16.7 Å². The van der Waals surface area contributed by atoms with Crippen molar-refractivity contribution in [1.29, 1.82) is 0 Å². The molecule has 0 unspecified atom stereocenters. The summed E-state index contributed by atoms with van der Waals surface area (Å²) >= 11 is 1.23. The van der Waals surface area contributed by atoms with Gasteiger partial charge in [0.2, 0.25) is 5.78 Å². The maximum atomic E-state index is 13.0. The number of fused-ring (bicyclic) bond motifs is 3. The van der Waals surface area contributed by atoms with Gasteiger partial charge in [-0.3, -0.25) is 18.6 Å². The summed E-state index contributed by atoms with van der Waals surface area (Å²) in [5, 5.41) is 9.39. The molecular weight excluding hydrogens is 418 g/mol. The first-order valence-electron chi connectivity index (χ1n) is 9.70. The van der Waals surface area contributed by atoms with E-state index in [0.29, 0.717) is 44.4 Å². The van der Waals surface area contributed by atoms with E-state index >= 15 is 0 Å². The van der Waals surface area contributed by atoms with Gasteiger partial charge in [-0.25, -0.2) is 4.79 Å². The Morgan fingerprint density at radius 2 is 1.94 bits per heavy atom. The molecule has 1 N–H and O–H groups in total. The summed E-state index contributed by atoms with van der Waals surface area (Å²) in [5.74, 6) is -0.125. The number of ketones is 1. The number of thioether (sulfide) groups is 1. The molecule has 10 heteroatoms. The Hall–Kier alpha value is -3.40. The molecule has 3 aromatic heterocycles. The smallest absolute Gasteiger partial charge is 0.355 e. The normalized spacial score (nSPS) is 11.4. The lowest BCUT2D eigenvalue weighted by Crippen LogP contribution is -2.20. The highest BCUT2D eigenvalue weighted by molar-refractivity contribution is 7.99. The van der Waals surface area contributed by atoms with E-state index in [0.717, 1.165) is 0 Å². The van der Waals surface area contributed by atoms with Crippen molar-refractivity contribution in [2.45, 2.75) is 25.9 Å². The van der Waals surface area contributed by atoms with E-state index in [4.69, 9.17) is 4.74 Å². The van der Waals surface area contributed by atoms with Crippen LogP contribution in [0.2, 0.25) is 0 Å². The van der Waals surface area contributed by atoms with Gasteiger partial charge >= 0.3 is 5.97 Å². The molecule has 9 nitrogen and oxygen atoms in total. The third-order valence-electron chi connectivity index (χ3n) is 5.12. The Bertz CT molecular complexity index is 1400. The zero-order valence-corrected chi connectivity index (χ0v) is 18.4. The van der Waals surface area contributed by atoms with Crippen molar-refractivity contribution in [3.8, 4) is 0 Å². The van der Waals surface area contributed by atoms with Crippen molar-refractivity contribution in [3.05, 3.63) is 57.1 Å². The van der Waals surface area contributed by atoms with Crippen LogP contribution in [0.1, 0.15) is 39.0 Å². The second kappa shape index (κ2) is 8.03. The standard InChI is InChI=1S/C21H21N5O4S/c1-5-30-19(29)17-11(2)16(12(3)22-17)15(27)10-31-21-24-23-20-25(4)18(28)13-8-6-7-9-14(13)26(20)21/h6-9,22H,5,10H2,1-4H3. The fourth-order valence-corrected chi connectivity index (χ4v) is 4.49. The van der Waals surface area contributed by atoms with Crippen LogP contribution in [-0.4, -0.2) is 48.3 Å². The maximum Gasteiger partial charge on any atom is 0.355 e. The molecule has 0 radical (unpaired) electrons. The third-order valence-corrected chi connectivity index (χ3v) is 6.05. The van der Waals surface area contributed by atoms with Gasteiger partial charge in [-0.15, -0.1) is 10.2 Å². The van der Waals surface area contributed by atoms with E-state index in [1.807, 2.05) is 12.1 Å². The number of Topliss-reactive ketones (excluding diaryl/α,β-unsaturated/α-hetero) is 1. The van der Waals surface area contributed by atoms with Crippen molar-refractivity contribution in [3.63, 3.8) is 0 Å². The number of ether oxygens (including phenoxy) is 1. The van der Waals surface area contributed by atoms with Crippen LogP contribution in [0.5, 0.6) is 0 Å². The number of H-pyrrole nitrogens is 1. The van der Waals surface area contributed by atoms with E-state index in [9.17, 15) is 14.4 Å². The van der Waals surface area contributed by atoms with Crippen LogP contribution >= 0.6 is 11.8 Å². The number of esters is 1. The number of nitrogens with zero attached hydrogens (tertiary/aromatic N) is 4. The van der Waals surface area contributed by atoms with E-state index in [1.165, 1.54) is 16.3 Å². The topological polar surface area (TPSA) is 111 Å². The number of aryl methyl sites for hydroxylation is 2. The molecule has 4 rings (SSSR count). The number of para-hydroxylation sites is 1. The predicted molar refractivity (Wildman–Crippen MR) is 117 cm³/mol. The molecule has 0 amide bonds. The minimum atomic E-state index is -0.481. The molecule has 0 atom stereocenters. The molecule has 4 aromatic rings. The van der Waals surface area contributed by atoms with Crippen molar-refractivity contribution in [2.75, 3.05) is 12.4 Å². The van der Waals surface area contributed by atoms with Crippen LogP contribution in [0.3, 0.4) is 0 Å². The molecule has 160 valence electrons. The highest BCUT2D eigenvalue weighted by Crippen LogP contribution is 2.25. The minimum Gasteiger partial charge on any atom is -0.461 e. The maximum absolute atomic E-state index is 13.0. The minimum absolute atomic E-state index is 0.0970. The Morgan fingerprint density at radius 3 is 2.68 bits per heavy atom. The second-order valence-electron chi connectivity index (χ2n) is 7.06. The predicted octanol–water partition coefficient (Wildman–Crippen LogP) is 2.68. The largest absolute Gasteiger partial charge is 0.461 e. The first kappa shape index (κ1) is 20.9. The molecule has 0 fully saturated rings. The number of hydrogen-bond acceptors (Lipinski definition) is 7. The van der Waals surface area contributed by atoms with Gasteiger partial charge in [0, 0.05) is 18.3 Å². The van der Waals surface area contributed by atoms with Crippen molar-refractivity contribution in [2.24, 2.45) is 7.05 Å². The molecule has 1 aromatic carbocycles. The molecular formula is C21H21N5O4S. The zero-order valence-electron chi connectivity index (χ0n) is 17.6. The number of carbonyl (C=O) groups excluding carboxylic acids is 2. The monoisotopic (exact) mass is 439 g/mol. The lowest BCUT2D eigenvalue weighted by molar-refractivity contribution is 0.0519. The van der Waals surface area contributed by atoms with Gasteiger partial charge in [-0.1, -0.05) is 23.9 Å². The summed E-state index contributed by atoms with van der Waals surface area (Å²) in [7, 11) is 1.64. The summed E-state index contributed by atoms with van der Waals surface area (Å²) < 4.78 is 8.26. The SMILES string of the molecule is CCOC(=O)c1[nH]c(C)c(C(=O)CSc2nnc3n(C)c(=O)c4ccccc4n23)c1C. The van der Waals surface area contributed by atoms with Crippen LogP contribution in [0.4, 0.5) is 0 Å². The number of benzene rings is 1. The second-order valence-corrected chi connectivity index (χ2v) is 8.00. The van der Waals surface area contributed by atoms with Gasteiger partial charge < -0.3 is 9.72 Å². The van der Waals surface area contributed by atoms with Gasteiger partial charge in [0.15, 0.2) is 10.9 Å². The summed E-state index contributed by atoms with van der Waals surface area (Å²) in [6, 6.07) is 7.21. The quantitative estimate of drug-likeness (QED) is 0.279. The molecule has 0 aliphatic heterocycles. The van der Waals surface area contributed by atoms with Gasteiger partial charge in [0.05, 0.1) is 23.3 Å². The van der Waals surface area contributed by atoms with Crippen LogP contribution in [0, 0.1) is 13.8 Å². The average Bonchev–Trinajstić information content (AvgIpc) is 3.31. The van der Waals surface area contributed by atoms with Gasteiger partial charge in [0.1, 0.15) is 5.69 Å².